The Morgan fingerprint density at radius 2 is 2.42 bits per heavy atom. The maximum absolute atomic E-state index is 11.7. The molecule has 3 N–H and O–H groups in total. The number of nitrogens with zero attached hydrogens (tertiary/aromatic N) is 3. The van der Waals surface area contributed by atoms with Crippen LogP contribution in [0.3, 0.4) is 0 Å². The Morgan fingerprint density at radius 1 is 1.63 bits per heavy atom. The number of aromatic nitrogens is 4. The molecule has 1 aliphatic heterocycles. The summed E-state index contributed by atoms with van der Waals surface area (Å²) in [5.41, 5.74) is 0.340. The van der Waals surface area contributed by atoms with Crippen molar-refractivity contribution in [3.63, 3.8) is 0 Å². The number of imidazole rings is 1. The van der Waals surface area contributed by atoms with Crippen LogP contribution in [0.4, 0.5) is 0 Å². The van der Waals surface area contributed by atoms with Crippen LogP contribution < -0.4 is 5.56 Å². The van der Waals surface area contributed by atoms with Gasteiger partial charge in [0, 0.05) is 6.42 Å². The van der Waals surface area contributed by atoms with Gasteiger partial charge in [-0.3, -0.25) is 9.36 Å². The predicted octanol–water partition coefficient (Wildman–Crippen LogP) is -0.931. The van der Waals surface area contributed by atoms with Crippen LogP contribution in [0.25, 0.3) is 11.2 Å². The zero-order chi connectivity index (χ0) is 13.6. The molecule has 0 unspecified atom stereocenters. The third kappa shape index (κ3) is 1.93. The third-order valence-electron chi connectivity index (χ3n) is 3.25. The van der Waals surface area contributed by atoms with Crippen LogP contribution in [0.5, 0.6) is 0 Å². The number of aliphatic hydroxyl groups is 2. The molecule has 3 heterocycles. The molecule has 0 spiro atoms. The lowest BCUT2D eigenvalue weighted by Gasteiger charge is -2.13. The van der Waals surface area contributed by atoms with Gasteiger partial charge in [0.25, 0.3) is 5.56 Å². The number of fused-ring (bicyclic) bond motifs is 1. The monoisotopic (exact) mass is 266 g/mol. The molecule has 0 bridgehead atoms. The molecule has 0 aliphatic carbocycles. The van der Waals surface area contributed by atoms with Gasteiger partial charge in [0.15, 0.2) is 11.2 Å². The van der Waals surface area contributed by atoms with Gasteiger partial charge in [0.05, 0.1) is 19.0 Å². The average Bonchev–Trinajstić information content (AvgIpc) is 2.92. The smallest absolute Gasteiger partial charge is 0.279 e. The van der Waals surface area contributed by atoms with Crippen molar-refractivity contribution in [1.82, 2.24) is 19.5 Å². The maximum Gasteiger partial charge on any atom is 0.279 e. The molecule has 8 heteroatoms. The first-order chi connectivity index (χ1) is 9.10. The molecular formula is C11H14N4O4. The van der Waals surface area contributed by atoms with Gasteiger partial charge in [-0.15, -0.1) is 0 Å². The topological polar surface area (TPSA) is 113 Å². The van der Waals surface area contributed by atoms with E-state index in [1.165, 1.54) is 6.33 Å². The Kier molecular flexibility index (Phi) is 2.85. The summed E-state index contributed by atoms with van der Waals surface area (Å²) in [7, 11) is 0. The van der Waals surface area contributed by atoms with Crippen LogP contribution in [0.2, 0.25) is 0 Å². The summed E-state index contributed by atoms with van der Waals surface area (Å²) < 4.78 is 7.13. The van der Waals surface area contributed by atoms with E-state index in [9.17, 15) is 9.90 Å². The summed E-state index contributed by atoms with van der Waals surface area (Å²) in [5, 5.41) is 18.8. The molecule has 3 rings (SSSR count). The fraction of sp³-hybridized carbons (Fsp3) is 0.545. The number of nitrogens with one attached hydrogen (secondary N) is 1. The van der Waals surface area contributed by atoms with Crippen molar-refractivity contribution in [3.05, 3.63) is 22.5 Å². The highest BCUT2D eigenvalue weighted by Gasteiger charge is 2.35. The first-order valence-electron chi connectivity index (χ1n) is 5.98. The lowest BCUT2D eigenvalue weighted by molar-refractivity contribution is -0.0432. The van der Waals surface area contributed by atoms with Gasteiger partial charge in [-0.2, -0.15) is 0 Å². The standard InChI is InChI=1S/C11H14N4O4/c1-5-13-10-9(11(18)14-5)12-4-15(10)8-2-6(17)7(3-16)19-8/h4,6-8,16-17H,2-3H2,1H3,(H,13,14,18)/t6-,7-,8-/m1/s1. The first-order valence-corrected chi connectivity index (χ1v) is 5.98. The van der Waals surface area contributed by atoms with E-state index in [0.717, 1.165) is 0 Å². The molecular weight excluding hydrogens is 252 g/mol. The van der Waals surface area contributed by atoms with E-state index in [2.05, 4.69) is 15.0 Å². The fourth-order valence-corrected chi connectivity index (χ4v) is 2.30. The number of H-pyrrole nitrogens is 1. The summed E-state index contributed by atoms with van der Waals surface area (Å²) in [6.45, 7) is 1.43. The second-order valence-electron chi connectivity index (χ2n) is 4.59. The SMILES string of the molecule is Cc1nc2c(ncn2[C@H]2C[C@@H](O)[C@@H](CO)O2)c(=O)[nH]1. The van der Waals surface area contributed by atoms with Gasteiger partial charge in [0.2, 0.25) is 0 Å². The number of hydrogen-bond donors (Lipinski definition) is 3. The van der Waals surface area contributed by atoms with Crippen molar-refractivity contribution in [3.8, 4) is 0 Å². The lowest BCUT2D eigenvalue weighted by atomic mass is 10.2. The van der Waals surface area contributed by atoms with Gasteiger partial charge in [-0.05, 0) is 6.92 Å². The highest BCUT2D eigenvalue weighted by molar-refractivity contribution is 5.69. The zero-order valence-corrected chi connectivity index (χ0v) is 10.3. The quantitative estimate of drug-likeness (QED) is 0.647. The summed E-state index contributed by atoms with van der Waals surface area (Å²) in [4.78, 5) is 22.5. The number of aryl methyl sites for hydroxylation is 1. The van der Waals surface area contributed by atoms with Crippen LogP contribution in [0.1, 0.15) is 18.5 Å². The van der Waals surface area contributed by atoms with E-state index in [1.54, 1.807) is 11.5 Å². The van der Waals surface area contributed by atoms with E-state index < -0.39 is 18.4 Å². The first kappa shape index (κ1) is 12.3. The third-order valence-corrected chi connectivity index (χ3v) is 3.25. The minimum atomic E-state index is -0.740. The maximum atomic E-state index is 11.7. The molecule has 1 saturated heterocycles. The molecule has 8 nitrogen and oxygen atoms in total. The molecule has 1 aliphatic rings. The zero-order valence-electron chi connectivity index (χ0n) is 10.3. The van der Waals surface area contributed by atoms with Crippen LogP contribution in [0, 0.1) is 6.92 Å². The minimum Gasteiger partial charge on any atom is -0.394 e. The Labute approximate surface area is 107 Å². The van der Waals surface area contributed by atoms with Crippen LogP contribution in [-0.4, -0.2) is 48.5 Å². The van der Waals surface area contributed by atoms with Crippen molar-refractivity contribution < 1.29 is 14.9 Å². The fourth-order valence-electron chi connectivity index (χ4n) is 2.30. The molecule has 0 amide bonds. The number of aliphatic hydroxyl groups excluding tert-OH is 2. The molecule has 3 atom stereocenters. The molecule has 2 aromatic heterocycles. The van der Waals surface area contributed by atoms with Crippen LogP contribution in [-0.2, 0) is 4.74 Å². The molecule has 19 heavy (non-hydrogen) atoms. The molecule has 0 radical (unpaired) electrons. The second-order valence-corrected chi connectivity index (χ2v) is 4.59. The van der Waals surface area contributed by atoms with Crippen LogP contribution in [0.15, 0.2) is 11.1 Å². The average molecular weight is 266 g/mol. The van der Waals surface area contributed by atoms with E-state index in [1.807, 2.05) is 0 Å². The van der Waals surface area contributed by atoms with E-state index in [4.69, 9.17) is 9.84 Å². The van der Waals surface area contributed by atoms with Crippen molar-refractivity contribution in [2.45, 2.75) is 31.8 Å². The normalized spacial score (nSPS) is 27.2. The molecule has 1 fully saturated rings. The molecule has 0 aromatic carbocycles. The van der Waals surface area contributed by atoms with E-state index in [-0.39, 0.29) is 17.7 Å². The van der Waals surface area contributed by atoms with E-state index in [0.29, 0.717) is 17.9 Å². The summed E-state index contributed by atoms with van der Waals surface area (Å²) >= 11 is 0. The number of hydrogen-bond acceptors (Lipinski definition) is 6. The largest absolute Gasteiger partial charge is 0.394 e. The van der Waals surface area contributed by atoms with Crippen LogP contribution >= 0.6 is 0 Å². The van der Waals surface area contributed by atoms with Crippen molar-refractivity contribution in [2.75, 3.05) is 6.61 Å². The number of aromatic amines is 1. The summed E-state index contributed by atoms with van der Waals surface area (Å²) in [6.07, 6.45) is -0.0554. The summed E-state index contributed by atoms with van der Waals surface area (Å²) in [6, 6.07) is 0. The van der Waals surface area contributed by atoms with Gasteiger partial charge in [0.1, 0.15) is 18.2 Å². The minimum absolute atomic E-state index is 0.233. The Bertz CT molecular complexity index is 664. The highest BCUT2D eigenvalue weighted by atomic mass is 16.5. The molecule has 102 valence electrons. The lowest BCUT2D eigenvalue weighted by Crippen LogP contribution is -2.24. The summed E-state index contributed by atoms with van der Waals surface area (Å²) in [5.74, 6) is 0.483. The number of rotatable bonds is 2. The van der Waals surface area contributed by atoms with Crippen molar-refractivity contribution in [1.29, 1.82) is 0 Å². The predicted molar refractivity (Wildman–Crippen MR) is 64.5 cm³/mol. The van der Waals surface area contributed by atoms with Gasteiger partial charge in [-0.25, -0.2) is 9.97 Å². The Balaban J connectivity index is 2.05. The second kappa shape index (κ2) is 4.41. The van der Waals surface area contributed by atoms with Crippen molar-refractivity contribution in [2.24, 2.45) is 0 Å². The van der Waals surface area contributed by atoms with Gasteiger partial charge in [-0.1, -0.05) is 0 Å². The van der Waals surface area contributed by atoms with Gasteiger partial charge < -0.3 is 19.9 Å². The molecule has 0 saturated carbocycles. The van der Waals surface area contributed by atoms with Gasteiger partial charge >= 0.3 is 0 Å². The van der Waals surface area contributed by atoms with Crippen molar-refractivity contribution >= 4 is 11.2 Å². The van der Waals surface area contributed by atoms with E-state index >= 15 is 0 Å². The highest BCUT2D eigenvalue weighted by Crippen LogP contribution is 2.29. The molecule has 2 aromatic rings. The number of ether oxygens (including phenoxy) is 1. The Morgan fingerprint density at radius 3 is 3.11 bits per heavy atom. The Hall–Kier alpha value is -1.77.